The Balaban J connectivity index is 1.94. The average molecular weight is 333 g/mol. The minimum atomic E-state index is -0.388. The van der Waals surface area contributed by atoms with Crippen LogP contribution in [0.15, 0.2) is 12.3 Å². The van der Waals surface area contributed by atoms with Crippen LogP contribution < -0.4 is 5.32 Å². The van der Waals surface area contributed by atoms with Gasteiger partial charge in [0.2, 0.25) is 0 Å². The summed E-state index contributed by atoms with van der Waals surface area (Å²) in [5, 5.41) is 7.50. The van der Waals surface area contributed by atoms with Gasteiger partial charge in [-0.2, -0.15) is 5.10 Å². The van der Waals surface area contributed by atoms with Crippen LogP contribution in [0.3, 0.4) is 0 Å². The molecule has 122 valence electrons. The SMILES string of the molecule is COC(=O)c1c(NC(=O)c2ccn(C)n2)sc2c1CCCCC2. The van der Waals surface area contributed by atoms with Crippen molar-refractivity contribution < 1.29 is 14.3 Å². The van der Waals surface area contributed by atoms with E-state index in [4.69, 9.17) is 4.74 Å². The van der Waals surface area contributed by atoms with Crippen molar-refractivity contribution in [1.82, 2.24) is 9.78 Å². The lowest BCUT2D eigenvalue weighted by Crippen LogP contribution is -2.15. The average Bonchev–Trinajstić information content (AvgIpc) is 3.03. The van der Waals surface area contributed by atoms with Crippen LogP contribution in [0, 0.1) is 0 Å². The Kier molecular flexibility index (Phi) is 4.47. The number of ether oxygens (including phenoxy) is 1. The van der Waals surface area contributed by atoms with Crippen molar-refractivity contribution in [3.63, 3.8) is 0 Å². The number of aryl methyl sites for hydroxylation is 2. The Hall–Kier alpha value is -2.15. The normalized spacial score (nSPS) is 14.0. The summed E-state index contributed by atoms with van der Waals surface area (Å²) < 4.78 is 6.50. The summed E-state index contributed by atoms with van der Waals surface area (Å²) in [5.74, 6) is -0.701. The van der Waals surface area contributed by atoms with E-state index in [9.17, 15) is 9.59 Å². The van der Waals surface area contributed by atoms with E-state index in [1.165, 1.54) is 23.3 Å². The summed E-state index contributed by atoms with van der Waals surface area (Å²) in [4.78, 5) is 25.7. The fraction of sp³-hybridized carbons (Fsp3) is 0.438. The van der Waals surface area contributed by atoms with Gasteiger partial charge in [0.1, 0.15) is 5.00 Å². The maximum Gasteiger partial charge on any atom is 0.341 e. The molecule has 0 unspecified atom stereocenters. The largest absolute Gasteiger partial charge is 0.465 e. The van der Waals surface area contributed by atoms with Crippen LogP contribution in [0.25, 0.3) is 0 Å². The number of hydrogen-bond donors (Lipinski definition) is 1. The maximum absolute atomic E-state index is 12.3. The number of carbonyl (C=O) groups excluding carboxylic acids is 2. The molecule has 1 aliphatic carbocycles. The molecule has 2 aromatic rings. The minimum Gasteiger partial charge on any atom is -0.465 e. The first kappa shape index (κ1) is 15.7. The summed E-state index contributed by atoms with van der Waals surface area (Å²) >= 11 is 1.48. The maximum atomic E-state index is 12.3. The quantitative estimate of drug-likeness (QED) is 0.692. The Morgan fingerprint density at radius 3 is 2.78 bits per heavy atom. The Morgan fingerprint density at radius 1 is 1.30 bits per heavy atom. The molecule has 2 heterocycles. The summed E-state index contributed by atoms with van der Waals surface area (Å²) in [6.07, 6.45) is 6.85. The standard InChI is InChI=1S/C16H19N3O3S/c1-19-9-8-11(18-19)14(20)17-15-13(16(21)22-2)10-6-4-3-5-7-12(10)23-15/h8-9H,3-7H2,1-2H3,(H,17,20). The van der Waals surface area contributed by atoms with Crippen molar-refractivity contribution in [2.45, 2.75) is 32.1 Å². The smallest absolute Gasteiger partial charge is 0.341 e. The van der Waals surface area contributed by atoms with Crippen molar-refractivity contribution in [1.29, 1.82) is 0 Å². The molecule has 0 spiro atoms. The van der Waals surface area contributed by atoms with Crippen LogP contribution in [0.1, 0.15) is 50.5 Å². The first-order valence-corrected chi connectivity index (χ1v) is 8.45. The van der Waals surface area contributed by atoms with Crippen molar-refractivity contribution in [2.75, 3.05) is 12.4 Å². The Morgan fingerprint density at radius 2 is 2.09 bits per heavy atom. The molecule has 0 radical (unpaired) electrons. The second-order valence-corrected chi connectivity index (χ2v) is 6.69. The Labute approximate surface area is 138 Å². The number of nitrogens with one attached hydrogen (secondary N) is 1. The van der Waals surface area contributed by atoms with Gasteiger partial charge in [-0.15, -0.1) is 11.3 Å². The van der Waals surface area contributed by atoms with Crippen LogP contribution in [-0.4, -0.2) is 28.8 Å². The molecule has 1 amide bonds. The molecule has 0 saturated heterocycles. The van der Waals surface area contributed by atoms with Crippen molar-refractivity contribution in [2.24, 2.45) is 7.05 Å². The summed E-state index contributed by atoms with van der Waals surface area (Å²) in [5.41, 5.74) is 1.88. The van der Waals surface area contributed by atoms with Crippen molar-refractivity contribution >= 4 is 28.2 Å². The van der Waals surface area contributed by atoms with Crippen LogP contribution >= 0.6 is 11.3 Å². The third-order valence-corrected chi connectivity index (χ3v) is 5.19. The third-order valence-electron chi connectivity index (χ3n) is 3.98. The molecule has 0 saturated carbocycles. The van der Waals surface area contributed by atoms with Crippen LogP contribution in [0.4, 0.5) is 5.00 Å². The van der Waals surface area contributed by atoms with E-state index in [0.717, 1.165) is 37.7 Å². The highest BCUT2D eigenvalue weighted by atomic mass is 32.1. The molecular formula is C16H19N3O3S. The van der Waals surface area contributed by atoms with E-state index >= 15 is 0 Å². The summed E-state index contributed by atoms with van der Waals surface area (Å²) in [6, 6.07) is 1.64. The van der Waals surface area contributed by atoms with E-state index < -0.39 is 0 Å². The van der Waals surface area contributed by atoms with E-state index in [1.54, 1.807) is 24.0 Å². The molecule has 7 heteroatoms. The molecule has 1 N–H and O–H groups in total. The van der Waals surface area contributed by atoms with Crippen molar-refractivity contribution in [3.8, 4) is 0 Å². The summed E-state index contributed by atoms with van der Waals surface area (Å²) in [7, 11) is 3.12. The van der Waals surface area contributed by atoms with Crippen LogP contribution in [0.5, 0.6) is 0 Å². The van der Waals surface area contributed by atoms with E-state index in [-0.39, 0.29) is 11.9 Å². The van der Waals surface area contributed by atoms with E-state index in [1.807, 2.05) is 0 Å². The van der Waals surface area contributed by atoms with Gasteiger partial charge in [0.05, 0.1) is 12.7 Å². The van der Waals surface area contributed by atoms with Gasteiger partial charge in [0.25, 0.3) is 5.91 Å². The molecule has 23 heavy (non-hydrogen) atoms. The number of methoxy groups -OCH3 is 1. The number of thiophene rings is 1. The van der Waals surface area contributed by atoms with Gasteiger partial charge in [-0.05, 0) is 37.3 Å². The zero-order valence-electron chi connectivity index (χ0n) is 13.2. The fourth-order valence-electron chi connectivity index (χ4n) is 2.85. The van der Waals surface area contributed by atoms with Gasteiger partial charge in [0.15, 0.2) is 5.69 Å². The molecule has 2 aromatic heterocycles. The predicted molar refractivity (Wildman–Crippen MR) is 88.1 cm³/mol. The molecule has 6 nitrogen and oxygen atoms in total. The number of hydrogen-bond acceptors (Lipinski definition) is 5. The van der Waals surface area contributed by atoms with E-state index in [0.29, 0.717) is 16.3 Å². The van der Waals surface area contributed by atoms with Crippen LogP contribution in [0.2, 0.25) is 0 Å². The zero-order chi connectivity index (χ0) is 16.4. The summed E-state index contributed by atoms with van der Waals surface area (Å²) in [6.45, 7) is 0. The number of esters is 1. The second kappa shape index (κ2) is 6.54. The molecular weight excluding hydrogens is 314 g/mol. The van der Waals surface area contributed by atoms with Gasteiger partial charge in [0, 0.05) is 18.1 Å². The first-order valence-electron chi connectivity index (χ1n) is 7.64. The topological polar surface area (TPSA) is 73.2 Å². The third kappa shape index (κ3) is 3.14. The molecule has 0 aliphatic heterocycles. The number of carbonyl (C=O) groups is 2. The highest BCUT2D eigenvalue weighted by Crippen LogP contribution is 2.38. The zero-order valence-corrected chi connectivity index (χ0v) is 14.0. The lowest BCUT2D eigenvalue weighted by Gasteiger charge is -2.06. The number of anilines is 1. The van der Waals surface area contributed by atoms with Gasteiger partial charge in [-0.25, -0.2) is 4.79 Å². The van der Waals surface area contributed by atoms with Gasteiger partial charge < -0.3 is 10.1 Å². The minimum absolute atomic E-state index is 0.313. The van der Waals surface area contributed by atoms with Crippen LogP contribution in [-0.2, 0) is 24.6 Å². The van der Waals surface area contributed by atoms with Gasteiger partial charge >= 0.3 is 5.97 Å². The highest BCUT2D eigenvalue weighted by Gasteiger charge is 2.26. The first-order chi connectivity index (χ1) is 11.1. The monoisotopic (exact) mass is 333 g/mol. The predicted octanol–water partition coefficient (Wildman–Crippen LogP) is 2.79. The molecule has 0 aromatic carbocycles. The Bertz CT molecular complexity index is 748. The molecule has 1 aliphatic rings. The number of amides is 1. The highest BCUT2D eigenvalue weighted by molar-refractivity contribution is 7.17. The van der Waals surface area contributed by atoms with Gasteiger partial charge in [-0.3, -0.25) is 9.48 Å². The number of aromatic nitrogens is 2. The van der Waals surface area contributed by atoms with Gasteiger partial charge in [-0.1, -0.05) is 6.42 Å². The van der Waals surface area contributed by atoms with Crippen molar-refractivity contribution in [3.05, 3.63) is 34.0 Å². The lowest BCUT2D eigenvalue weighted by atomic mass is 10.1. The number of fused-ring (bicyclic) bond motifs is 1. The second-order valence-electron chi connectivity index (χ2n) is 5.59. The lowest BCUT2D eigenvalue weighted by molar-refractivity contribution is 0.0601. The molecule has 0 bridgehead atoms. The van der Waals surface area contributed by atoms with E-state index in [2.05, 4.69) is 10.4 Å². The fourth-order valence-corrected chi connectivity index (χ4v) is 4.12. The number of rotatable bonds is 3. The molecule has 3 rings (SSSR count). The number of nitrogens with zero attached hydrogens (tertiary/aromatic N) is 2. The molecule has 0 atom stereocenters. The molecule has 0 fully saturated rings.